The van der Waals surface area contributed by atoms with E-state index in [2.05, 4.69) is 5.32 Å². The molecule has 2 unspecified atom stereocenters. The Kier molecular flexibility index (Phi) is 4.85. The summed E-state index contributed by atoms with van der Waals surface area (Å²) in [4.78, 5) is 14.2. The monoisotopic (exact) mass is 306 g/mol. The Morgan fingerprint density at radius 1 is 1.33 bits per heavy atom. The Balaban J connectivity index is 2.04. The highest BCUT2D eigenvalue weighted by atomic mass is 19.4. The van der Waals surface area contributed by atoms with Gasteiger partial charge in [-0.3, -0.25) is 10.1 Å². The standard InChI is InChI=1S/C15H25F3N2O/c1-3-14(2)13(21)20(10-6-9-15(16,17)18)12(19-14)11-7-4-5-8-11/h11-12,19H,3-10H2,1-2H3. The van der Waals surface area contributed by atoms with Crippen molar-refractivity contribution in [2.45, 2.75) is 76.7 Å². The predicted molar refractivity (Wildman–Crippen MR) is 74.6 cm³/mol. The van der Waals surface area contributed by atoms with Crippen LogP contribution in [0.4, 0.5) is 13.2 Å². The molecule has 0 radical (unpaired) electrons. The second-order valence-electron chi connectivity index (χ2n) is 6.54. The van der Waals surface area contributed by atoms with Gasteiger partial charge in [-0.05, 0) is 38.5 Å². The van der Waals surface area contributed by atoms with Crippen LogP contribution in [0, 0.1) is 5.92 Å². The summed E-state index contributed by atoms with van der Waals surface area (Å²) in [6.07, 6.45) is 0.000737. The van der Waals surface area contributed by atoms with Crippen LogP contribution in [0.2, 0.25) is 0 Å². The third-order valence-electron chi connectivity index (χ3n) is 4.95. The first kappa shape index (κ1) is 16.6. The molecule has 2 atom stereocenters. The average Bonchev–Trinajstić information content (AvgIpc) is 3.00. The van der Waals surface area contributed by atoms with Gasteiger partial charge in [0.1, 0.15) is 0 Å². The maximum absolute atomic E-state index is 12.6. The molecule has 1 aliphatic heterocycles. The molecule has 21 heavy (non-hydrogen) atoms. The molecule has 1 aliphatic carbocycles. The van der Waals surface area contributed by atoms with Gasteiger partial charge in [-0.2, -0.15) is 13.2 Å². The van der Waals surface area contributed by atoms with E-state index >= 15 is 0 Å². The van der Waals surface area contributed by atoms with Gasteiger partial charge in [0, 0.05) is 13.0 Å². The lowest BCUT2D eigenvalue weighted by molar-refractivity contribution is -0.141. The van der Waals surface area contributed by atoms with Gasteiger partial charge in [-0.15, -0.1) is 0 Å². The lowest BCUT2D eigenvalue weighted by Gasteiger charge is -2.29. The minimum absolute atomic E-state index is 0.0140. The fourth-order valence-corrected chi connectivity index (χ4v) is 3.50. The van der Waals surface area contributed by atoms with Crippen molar-refractivity contribution < 1.29 is 18.0 Å². The van der Waals surface area contributed by atoms with E-state index in [0.717, 1.165) is 25.7 Å². The zero-order chi connectivity index (χ0) is 15.7. The Hall–Kier alpha value is -0.780. The van der Waals surface area contributed by atoms with Crippen molar-refractivity contribution in [3.05, 3.63) is 0 Å². The number of nitrogens with one attached hydrogen (secondary N) is 1. The van der Waals surface area contributed by atoms with Crippen molar-refractivity contribution in [2.75, 3.05) is 6.54 Å². The van der Waals surface area contributed by atoms with Crippen molar-refractivity contribution in [3.8, 4) is 0 Å². The highest BCUT2D eigenvalue weighted by Crippen LogP contribution is 2.35. The van der Waals surface area contributed by atoms with Crippen LogP contribution in [0.1, 0.15) is 58.8 Å². The summed E-state index contributed by atoms with van der Waals surface area (Å²) < 4.78 is 37.0. The van der Waals surface area contributed by atoms with Gasteiger partial charge in [0.15, 0.2) is 0 Å². The second kappa shape index (κ2) is 6.15. The Morgan fingerprint density at radius 2 is 1.95 bits per heavy atom. The zero-order valence-electron chi connectivity index (χ0n) is 12.8. The van der Waals surface area contributed by atoms with E-state index in [9.17, 15) is 18.0 Å². The number of alkyl halides is 3. The fourth-order valence-electron chi connectivity index (χ4n) is 3.50. The molecule has 0 aromatic heterocycles. The van der Waals surface area contributed by atoms with Crippen molar-refractivity contribution in [2.24, 2.45) is 5.92 Å². The summed E-state index contributed by atoms with van der Waals surface area (Å²) in [6.45, 7) is 4.00. The third-order valence-corrected chi connectivity index (χ3v) is 4.95. The minimum atomic E-state index is -4.15. The van der Waals surface area contributed by atoms with Crippen molar-refractivity contribution >= 4 is 5.91 Å². The highest BCUT2D eigenvalue weighted by Gasteiger charge is 2.49. The number of hydrogen-bond acceptors (Lipinski definition) is 2. The average molecular weight is 306 g/mol. The van der Waals surface area contributed by atoms with E-state index in [1.54, 1.807) is 4.90 Å². The molecular formula is C15H25F3N2O. The van der Waals surface area contributed by atoms with E-state index in [1.165, 1.54) is 0 Å². The first-order chi connectivity index (χ1) is 9.77. The quantitative estimate of drug-likeness (QED) is 0.844. The topological polar surface area (TPSA) is 32.3 Å². The summed E-state index contributed by atoms with van der Waals surface area (Å²) >= 11 is 0. The van der Waals surface area contributed by atoms with E-state index in [4.69, 9.17) is 0 Å². The number of hydrogen-bond donors (Lipinski definition) is 1. The molecule has 1 saturated carbocycles. The zero-order valence-corrected chi connectivity index (χ0v) is 12.8. The number of carbonyl (C=O) groups is 1. The summed E-state index contributed by atoms with van der Waals surface area (Å²) in [5.74, 6) is 0.345. The third kappa shape index (κ3) is 3.71. The number of amides is 1. The first-order valence-corrected chi connectivity index (χ1v) is 7.92. The SMILES string of the molecule is CCC1(C)NC(C2CCCC2)N(CCCC(F)(F)F)C1=O. The molecule has 1 saturated heterocycles. The van der Waals surface area contributed by atoms with E-state index in [-0.39, 0.29) is 25.0 Å². The molecule has 1 amide bonds. The first-order valence-electron chi connectivity index (χ1n) is 7.92. The van der Waals surface area contributed by atoms with Gasteiger partial charge in [0.25, 0.3) is 0 Å². The number of halogens is 3. The molecule has 122 valence electrons. The van der Waals surface area contributed by atoms with Crippen LogP contribution >= 0.6 is 0 Å². The van der Waals surface area contributed by atoms with Gasteiger partial charge in [0.05, 0.1) is 11.7 Å². The van der Waals surface area contributed by atoms with Crippen molar-refractivity contribution in [1.29, 1.82) is 0 Å². The predicted octanol–water partition coefficient (Wildman–Crippen LogP) is 3.45. The molecule has 0 bridgehead atoms. The Labute approximate surface area is 124 Å². The fraction of sp³-hybridized carbons (Fsp3) is 0.933. The maximum atomic E-state index is 12.6. The van der Waals surface area contributed by atoms with Gasteiger partial charge >= 0.3 is 6.18 Å². The number of carbonyl (C=O) groups excluding carboxylic acids is 1. The molecule has 6 heteroatoms. The molecule has 2 fully saturated rings. The van der Waals surface area contributed by atoms with Gasteiger partial charge in [-0.1, -0.05) is 19.8 Å². The van der Waals surface area contributed by atoms with Crippen molar-refractivity contribution in [1.82, 2.24) is 10.2 Å². The van der Waals surface area contributed by atoms with Crippen LogP contribution in [0.15, 0.2) is 0 Å². The largest absolute Gasteiger partial charge is 0.389 e. The summed E-state index contributed by atoms with van der Waals surface area (Å²) in [6, 6.07) is 0. The maximum Gasteiger partial charge on any atom is 0.389 e. The molecule has 0 aromatic carbocycles. The van der Waals surface area contributed by atoms with Gasteiger partial charge in [0.2, 0.25) is 5.91 Å². The number of rotatable bonds is 5. The minimum Gasteiger partial charge on any atom is -0.325 e. The molecular weight excluding hydrogens is 281 g/mol. The van der Waals surface area contributed by atoms with Crippen LogP contribution in [0.3, 0.4) is 0 Å². The summed E-state index contributed by atoms with van der Waals surface area (Å²) in [7, 11) is 0. The van der Waals surface area contributed by atoms with Gasteiger partial charge < -0.3 is 4.90 Å². The van der Waals surface area contributed by atoms with Crippen molar-refractivity contribution in [3.63, 3.8) is 0 Å². The Morgan fingerprint density at radius 3 is 2.48 bits per heavy atom. The normalized spacial score (nSPS) is 31.4. The van der Waals surface area contributed by atoms with Crippen LogP contribution < -0.4 is 5.32 Å². The molecule has 0 spiro atoms. The summed E-state index contributed by atoms with van der Waals surface area (Å²) in [5, 5.41) is 3.40. The molecule has 1 N–H and O–H groups in total. The molecule has 3 nitrogen and oxygen atoms in total. The van der Waals surface area contributed by atoms with Crippen LogP contribution in [-0.2, 0) is 4.79 Å². The van der Waals surface area contributed by atoms with E-state index < -0.39 is 18.1 Å². The van der Waals surface area contributed by atoms with Crippen LogP contribution in [0.25, 0.3) is 0 Å². The van der Waals surface area contributed by atoms with Crippen LogP contribution in [-0.4, -0.2) is 35.2 Å². The molecule has 0 aromatic rings. The molecule has 2 aliphatic rings. The smallest absolute Gasteiger partial charge is 0.325 e. The van der Waals surface area contributed by atoms with E-state index in [0.29, 0.717) is 12.3 Å². The molecule has 1 heterocycles. The highest BCUT2D eigenvalue weighted by molar-refractivity contribution is 5.88. The van der Waals surface area contributed by atoms with Crippen LogP contribution in [0.5, 0.6) is 0 Å². The lowest BCUT2D eigenvalue weighted by Crippen LogP contribution is -2.45. The van der Waals surface area contributed by atoms with E-state index in [1.807, 2.05) is 13.8 Å². The second-order valence-corrected chi connectivity index (χ2v) is 6.54. The van der Waals surface area contributed by atoms with Gasteiger partial charge in [-0.25, -0.2) is 0 Å². The molecule has 2 rings (SSSR count). The Bertz CT molecular complexity index is 380. The lowest BCUT2D eigenvalue weighted by atomic mass is 9.99. The number of nitrogens with zero attached hydrogens (tertiary/aromatic N) is 1. The summed E-state index contributed by atoms with van der Waals surface area (Å²) in [5.41, 5.74) is -0.620.